The number of hydrogen-bond donors (Lipinski definition) is 1. The van der Waals surface area contributed by atoms with Crippen LogP contribution in [0.25, 0.3) is 0 Å². The third-order valence-corrected chi connectivity index (χ3v) is 7.25. The van der Waals surface area contributed by atoms with Crippen LogP contribution in [-0.2, 0) is 10.0 Å². The Kier molecular flexibility index (Phi) is 6.86. The molecule has 1 aromatic rings. The van der Waals surface area contributed by atoms with E-state index >= 15 is 0 Å². The molecule has 2 heterocycles. The minimum absolute atomic E-state index is 0.115. The summed E-state index contributed by atoms with van der Waals surface area (Å²) < 4.78 is 27.5. The Bertz CT molecular complexity index is 737. The number of carbonyl (C=O) groups is 1. The number of nitrogens with zero attached hydrogens (tertiary/aromatic N) is 3. The van der Waals surface area contributed by atoms with Gasteiger partial charge in [-0.2, -0.15) is 4.31 Å². The molecule has 27 heavy (non-hydrogen) atoms. The lowest BCUT2D eigenvalue weighted by Gasteiger charge is -2.34. The van der Waals surface area contributed by atoms with Crippen LogP contribution in [0.3, 0.4) is 0 Å². The standard InChI is InChI=1S/C19H29N3O4S/c23-15-14-20-10-12-21(13-11-20)19(24)17-6-5-7-18(16-17)27(25,26)22-8-3-1-2-4-9-22/h5-7,16,23H,1-4,8-15H2. The SMILES string of the molecule is O=C(c1cccc(S(=O)(=O)N2CCCCCC2)c1)N1CCN(CCO)CC1. The van der Waals surface area contributed by atoms with Crippen LogP contribution < -0.4 is 0 Å². The van der Waals surface area contributed by atoms with Crippen LogP contribution in [0.15, 0.2) is 29.2 Å². The van der Waals surface area contributed by atoms with Crippen LogP contribution in [-0.4, -0.2) is 86.0 Å². The molecule has 150 valence electrons. The molecule has 7 nitrogen and oxygen atoms in total. The van der Waals surface area contributed by atoms with E-state index in [2.05, 4.69) is 4.90 Å². The van der Waals surface area contributed by atoms with Crippen molar-refractivity contribution < 1.29 is 18.3 Å². The van der Waals surface area contributed by atoms with Crippen molar-refractivity contribution >= 4 is 15.9 Å². The molecule has 2 aliphatic heterocycles. The summed E-state index contributed by atoms with van der Waals surface area (Å²) in [6, 6.07) is 6.43. The molecule has 2 saturated heterocycles. The number of piperazine rings is 1. The van der Waals surface area contributed by atoms with E-state index in [1.807, 2.05) is 0 Å². The monoisotopic (exact) mass is 395 g/mol. The van der Waals surface area contributed by atoms with E-state index in [0.29, 0.717) is 38.3 Å². The van der Waals surface area contributed by atoms with Gasteiger partial charge in [0, 0.05) is 51.4 Å². The minimum Gasteiger partial charge on any atom is -0.395 e. The third-order valence-electron chi connectivity index (χ3n) is 5.36. The number of benzene rings is 1. The fourth-order valence-electron chi connectivity index (χ4n) is 3.72. The summed E-state index contributed by atoms with van der Waals surface area (Å²) in [5, 5.41) is 9.02. The first-order valence-electron chi connectivity index (χ1n) is 9.75. The molecular formula is C19H29N3O4S. The van der Waals surface area contributed by atoms with Gasteiger partial charge in [0.1, 0.15) is 0 Å². The Morgan fingerprint density at radius 2 is 1.63 bits per heavy atom. The second kappa shape index (κ2) is 9.14. The molecule has 0 radical (unpaired) electrons. The summed E-state index contributed by atoms with van der Waals surface area (Å²) in [7, 11) is -3.56. The molecule has 1 N–H and O–H groups in total. The highest BCUT2D eigenvalue weighted by atomic mass is 32.2. The molecule has 0 unspecified atom stereocenters. The predicted octanol–water partition coefficient (Wildman–Crippen LogP) is 1.00. The van der Waals surface area contributed by atoms with Gasteiger partial charge in [0.2, 0.25) is 10.0 Å². The molecule has 0 bridgehead atoms. The quantitative estimate of drug-likeness (QED) is 0.805. The molecule has 3 rings (SSSR count). The van der Waals surface area contributed by atoms with Gasteiger partial charge in [-0.05, 0) is 31.0 Å². The van der Waals surface area contributed by atoms with Crippen LogP contribution >= 0.6 is 0 Å². The van der Waals surface area contributed by atoms with Gasteiger partial charge in [-0.15, -0.1) is 0 Å². The maximum Gasteiger partial charge on any atom is 0.253 e. The van der Waals surface area contributed by atoms with E-state index in [4.69, 9.17) is 5.11 Å². The maximum absolute atomic E-state index is 13.0. The van der Waals surface area contributed by atoms with E-state index in [0.717, 1.165) is 38.8 Å². The lowest BCUT2D eigenvalue weighted by Crippen LogP contribution is -2.49. The minimum atomic E-state index is -3.56. The second-order valence-electron chi connectivity index (χ2n) is 7.20. The molecule has 8 heteroatoms. The molecule has 0 atom stereocenters. The Balaban J connectivity index is 1.72. The van der Waals surface area contributed by atoms with Crippen LogP contribution in [0.2, 0.25) is 0 Å². The van der Waals surface area contributed by atoms with Crippen LogP contribution in [0.1, 0.15) is 36.0 Å². The zero-order valence-electron chi connectivity index (χ0n) is 15.7. The Hall–Kier alpha value is -1.48. The van der Waals surface area contributed by atoms with E-state index in [1.165, 1.54) is 6.07 Å². The molecule has 1 aromatic carbocycles. The average molecular weight is 396 g/mol. The van der Waals surface area contributed by atoms with Crippen molar-refractivity contribution in [1.82, 2.24) is 14.1 Å². The lowest BCUT2D eigenvalue weighted by atomic mass is 10.2. The molecule has 2 aliphatic rings. The van der Waals surface area contributed by atoms with Crippen molar-refractivity contribution in [3.63, 3.8) is 0 Å². The Morgan fingerprint density at radius 3 is 2.26 bits per heavy atom. The number of hydrogen-bond acceptors (Lipinski definition) is 5. The largest absolute Gasteiger partial charge is 0.395 e. The van der Waals surface area contributed by atoms with Crippen molar-refractivity contribution in [2.45, 2.75) is 30.6 Å². The van der Waals surface area contributed by atoms with Crippen LogP contribution in [0, 0.1) is 0 Å². The number of amides is 1. The summed E-state index contributed by atoms with van der Waals surface area (Å²) in [5.74, 6) is -0.133. The maximum atomic E-state index is 13.0. The number of aliphatic hydroxyl groups is 1. The predicted molar refractivity (Wildman–Crippen MR) is 103 cm³/mol. The van der Waals surface area contributed by atoms with Gasteiger partial charge in [0.15, 0.2) is 0 Å². The highest BCUT2D eigenvalue weighted by Gasteiger charge is 2.27. The molecular weight excluding hydrogens is 366 g/mol. The Morgan fingerprint density at radius 1 is 0.963 bits per heavy atom. The topological polar surface area (TPSA) is 81.2 Å². The van der Waals surface area contributed by atoms with Crippen molar-refractivity contribution in [3.05, 3.63) is 29.8 Å². The van der Waals surface area contributed by atoms with Gasteiger partial charge in [0.25, 0.3) is 5.91 Å². The first-order valence-corrected chi connectivity index (χ1v) is 11.2. The zero-order chi connectivity index (χ0) is 19.3. The van der Waals surface area contributed by atoms with Crippen LogP contribution in [0.5, 0.6) is 0 Å². The third kappa shape index (κ3) is 4.87. The number of sulfonamides is 1. The van der Waals surface area contributed by atoms with Crippen LogP contribution in [0.4, 0.5) is 0 Å². The van der Waals surface area contributed by atoms with Gasteiger partial charge in [-0.25, -0.2) is 8.42 Å². The van der Waals surface area contributed by atoms with Gasteiger partial charge in [0.05, 0.1) is 11.5 Å². The normalized spacial score (nSPS) is 20.4. The molecule has 1 amide bonds. The average Bonchev–Trinajstić information content (AvgIpc) is 2.98. The molecule has 0 spiro atoms. The van der Waals surface area contributed by atoms with Gasteiger partial charge in [-0.3, -0.25) is 9.69 Å². The first kappa shape index (κ1) is 20.3. The van der Waals surface area contributed by atoms with Gasteiger partial charge in [-0.1, -0.05) is 18.9 Å². The summed E-state index contributed by atoms with van der Waals surface area (Å²) in [6.07, 6.45) is 3.89. The summed E-state index contributed by atoms with van der Waals surface area (Å²) >= 11 is 0. The van der Waals surface area contributed by atoms with Crippen molar-refractivity contribution in [2.24, 2.45) is 0 Å². The highest BCUT2D eigenvalue weighted by Crippen LogP contribution is 2.22. The first-order chi connectivity index (χ1) is 13.0. The lowest BCUT2D eigenvalue weighted by molar-refractivity contribution is 0.0614. The number of β-amino-alcohol motifs (C(OH)–C–C–N with tert-alkyl or cyclic N) is 1. The van der Waals surface area contributed by atoms with Crippen molar-refractivity contribution in [2.75, 3.05) is 52.4 Å². The number of carbonyl (C=O) groups excluding carboxylic acids is 1. The molecule has 0 saturated carbocycles. The van der Waals surface area contributed by atoms with E-state index in [9.17, 15) is 13.2 Å². The number of rotatable bonds is 5. The van der Waals surface area contributed by atoms with E-state index in [1.54, 1.807) is 27.4 Å². The summed E-state index contributed by atoms with van der Waals surface area (Å²) in [5.41, 5.74) is 0.418. The molecule has 0 aromatic heterocycles. The smallest absolute Gasteiger partial charge is 0.253 e. The fourth-order valence-corrected chi connectivity index (χ4v) is 5.28. The molecule has 2 fully saturated rings. The van der Waals surface area contributed by atoms with Crippen molar-refractivity contribution in [3.8, 4) is 0 Å². The van der Waals surface area contributed by atoms with Gasteiger partial charge < -0.3 is 10.0 Å². The fraction of sp³-hybridized carbons (Fsp3) is 0.632. The molecule has 0 aliphatic carbocycles. The summed E-state index contributed by atoms with van der Waals surface area (Å²) in [6.45, 7) is 4.44. The highest BCUT2D eigenvalue weighted by molar-refractivity contribution is 7.89. The van der Waals surface area contributed by atoms with Crippen molar-refractivity contribution in [1.29, 1.82) is 0 Å². The summed E-state index contributed by atoms with van der Waals surface area (Å²) in [4.78, 5) is 16.9. The van der Waals surface area contributed by atoms with E-state index < -0.39 is 10.0 Å². The second-order valence-corrected chi connectivity index (χ2v) is 9.14. The number of aliphatic hydroxyl groups excluding tert-OH is 1. The zero-order valence-corrected chi connectivity index (χ0v) is 16.5. The Labute approximate surface area is 161 Å². The van der Waals surface area contributed by atoms with E-state index in [-0.39, 0.29) is 17.4 Å². The van der Waals surface area contributed by atoms with Gasteiger partial charge >= 0.3 is 0 Å².